The second-order valence-electron chi connectivity index (χ2n) is 3.25. The van der Waals surface area contributed by atoms with Crippen molar-refractivity contribution >= 4 is 0 Å². The van der Waals surface area contributed by atoms with Crippen LogP contribution in [0.1, 0.15) is 36.8 Å². The first-order valence-electron chi connectivity index (χ1n) is 4.55. The Hall–Kier alpha value is -0.870. The van der Waals surface area contributed by atoms with Crippen molar-refractivity contribution in [3.63, 3.8) is 0 Å². The highest BCUT2D eigenvalue weighted by atomic mass is 16.5. The maximum absolute atomic E-state index is 8.83. The van der Waals surface area contributed by atoms with Gasteiger partial charge in [0.2, 0.25) is 0 Å². The van der Waals surface area contributed by atoms with E-state index in [1.165, 1.54) is 0 Å². The second-order valence-corrected chi connectivity index (χ2v) is 3.25. The molecule has 1 aromatic heterocycles. The van der Waals surface area contributed by atoms with Crippen LogP contribution in [0, 0.1) is 13.8 Å². The summed E-state index contributed by atoms with van der Waals surface area (Å²) in [4.78, 5) is 0. The third kappa shape index (κ3) is 1.73. The molecule has 4 heteroatoms. The summed E-state index contributed by atoms with van der Waals surface area (Å²) in [6.07, 6.45) is 0. The molecule has 0 aromatic carbocycles. The Labute approximate surface area is 78.5 Å². The molecule has 1 aromatic rings. The number of nitrogens with zero attached hydrogens (tertiary/aromatic N) is 2. The first-order chi connectivity index (χ1) is 6.11. The van der Waals surface area contributed by atoms with Crippen LogP contribution in [0.5, 0.6) is 0 Å². The Morgan fingerprint density at radius 2 is 2.15 bits per heavy atom. The highest BCUT2D eigenvalue weighted by molar-refractivity contribution is 5.27. The molecule has 0 bridgehead atoms. The van der Waals surface area contributed by atoms with Crippen LogP contribution in [0.15, 0.2) is 0 Å². The molecular weight excluding hydrogens is 166 g/mol. The van der Waals surface area contributed by atoms with Gasteiger partial charge in [0.15, 0.2) is 0 Å². The number of hydrogen-bond acceptors (Lipinski definition) is 3. The van der Waals surface area contributed by atoms with Crippen LogP contribution in [0.4, 0.5) is 0 Å². The third-order valence-corrected chi connectivity index (χ3v) is 2.36. The average molecular weight is 183 g/mol. The normalized spacial score (nSPS) is 13.3. The molecule has 0 fully saturated rings. The highest BCUT2D eigenvalue weighted by Gasteiger charge is 2.15. The molecule has 0 aliphatic carbocycles. The Kier molecular flexibility index (Phi) is 3.06. The van der Waals surface area contributed by atoms with E-state index in [9.17, 15) is 0 Å². The topological polar surface area (TPSA) is 50.1 Å². The summed E-state index contributed by atoms with van der Waals surface area (Å²) < 4.78 is 1.94. The fourth-order valence-electron chi connectivity index (χ4n) is 1.71. The second kappa shape index (κ2) is 3.89. The lowest BCUT2D eigenvalue weighted by molar-refractivity contribution is 0.133. The molecule has 1 atom stereocenters. The largest absolute Gasteiger partial charge is 0.316 e. The Balaban J connectivity index is 3.12. The van der Waals surface area contributed by atoms with E-state index >= 15 is 0 Å². The molecular formula is C9H17N3O. The third-order valence-electron chi connectivity index (χ3n) is 2.36. The lowest BCUT2D eigenvalue weighted by Gasteiger charge is -2.09. The van der Waals surface area contributed by atoms with E-state index in [1.807, 2.05) is 25.5 Å². The zero-order chi connectivity index (χ0) is 10.0. The molecule has 0 spiro atoms. The minimum Gasteiger partial charge on any atom is -0.316 e. The maximum Gasteiger partial charge on any atom is 0.0645 e. The van der Waals surface area contributed by atoms with Gasteiger partial charge in [-0.25, -0.2) is 0 Å². The van der Waals surface area contributed by atoms with Crippen molar-refractivity contribution in [2.45, 2.75) is 40.3 Å². The van der Waals surface area contributed by atoms with E-state index in [0.29, 0.717) is 0 Å². The summed E-state index contributed by atoms with van der Waals surface area (Å²) in [5.74, 6) is 0. The Bertz CT molecular complexity index is 293. The number of nitrogens with one attached hydrogen (secondary N) is 1. The molecule has 2 N–H and O–H groups in total. The van der Waals surface area contributed by atoms with Crippen molar-refractivity contribution in [2.75, 3.05) is 0 Å². The zero-order valence-corrected chi connectivity index (χ0v) is 8.63. The van der Waals surface area contributed by atoms with Gasteiger partial charge in [-0.05, 0) is 27.7 Å². The van der Waals surface area contributed by atoms with Gasteiger partial charge in [0.25, 0.3) is 0 Å². The number of aromatic nitrogens is 2. The predicted octanol–water partition coefficient (Wildman–Crippen LogP) is 1.56. The molecule has 0 saturated carbocycles. The van der Waals surface area contributed by atoms with Crippen molar-refractivity contribution in [3.05, 3.63) is 17.0 Å². The minimum atomic E-state index is -0.0553. The van der Waals surface area contributed by atoms with Crippen molar-refractivity contribution in [3.8, 4) is 0 Å². The summed E-state index contributed by atoms with van der Waals surface area (Å²) in [5, 5.41) is 13.2. The van der Waals surface area contributed by atoms with E-state index in [-0.39, 0.29) is 6.04 Å². The molecule has 0 amide bonds. The number of aryl methyl sites for hydroxylation is 2. The van der Waals surface area contributed by atoms with Crippen LogP contribution in [0.25, 0.3) is 0 Å². The van der Waals surface area contributed by atoms with Gasteiger partial charge in [-0.3, -0.25) is 4.68 Å². The first-order valence-corrected chi connectivity index (χ1v) is 4.55. The minimum absolute atomic E-state index is 0.0553. The highest BCUT2D eigenvalue weighted by Crippen LogP contribution is 2.20. The van der Waals surface area contributed by atoms with E-state index in [0.717, 1.165) is 23.5 Å². The van der Waals surface area contributed by atoms with Crippen LogP contribution in [-0.4, -0.2) is 15.0 Å². The molecule has 0 saturated heterocycles. The van der Waals surface area contributed by atoms with E-state index in [4.69, 9.17) is 5.21 Å². The van der Waals surface area contributed by atoms with Gasteiger partial charge in [0.1, 0.15) is 0 Å². The van der Waals surface area contributed by atoms with Gasteiger partial charge < -0.3 is 5.21 Å². The van der Waals surface area contributed by atoms with E-state index < -0.39 is 0 Å². The first kappa shape index (κ1) is 10.2. The smallest absolute Gasteiger partial charge is 0.0645 e. The summed E-state index contributed by atoms with van der Waals surface area (Å²) in [7, 11) is 0. The van der Waals surface area contributed by atoms with Crippen molar-refractivity contribution in [1.82, 2.24) is 15.3 Å². The quantitative estimate of drug-likeness (QED) is 0.699. The number of hydroxylamine groups is 1. The molecule has 0 aliphatic rings. The Morgan fingerprint density at radius 1 is 1.54 bits per heavy atom. The molecule has 1 rings (SSSR count). The maximum atomic E-state index is 8.83. The Morgan fingerprint density at radius 3 is 2.54 bits per heavy atom. The van der Waals surface area contributed by atoms with Gasteiger partial charge in [0.05, 0.1) is 11.7 Å². The molecule has 1 unspecified atom stereocenters. The fraction of sp³-hybridized carbons (Fsp3) is 0.667. The molecule has 4 nitrogen and oxygen atoms in total. The lowest BCUT2D eigenvalue weighted by atomic mass is 10.1. The zero-order valence-electron chi connectivity index (χ0n) is 8.63. The van der Waals surface area contributed by atoms with Gasteiger partial charge in [0, 0.05) is 17.8 Å². The lowest BCUT2D eigenvalue weighted by Crippen LogP contribution is -2.14. The van der Waals surface area contributed by atoms with Crippen LogP contribution in [-0.2, 0) is 6.54 Å². The summed E-state index contributed by atoms with van der Waals surface area (Å²) in [5.41, 5.74) is 5.43. The summed E-state index contributed by atoms with van der Waals surface area (Å²) in [6, 6.07) is -0.0553. The SMILES string of the molecule is CCn1nc(C)c(C(C)NO)c1C. The molecule has 0 radical (unpaired) electrons. The van der Waals surface area contributed by atoms with Crippen molar-refractivity contribution in [1.29, 1.82) is 0 Å². The van der Waals surface area contributed by atoms with Crippen LogP contribution >= 0.6 is 0 Å². The molecule has 13 heavy (non-hydrogen) atoms. The molecule has 74 valence electrons. The van der Waals surface area contributed by atoms with Crippen LogP contribution in [0.2, 0.25) is 0 Å². The standard InChI is InChI=1S/C9H17N3O/c1-5-12-8(4)9(6(2)10-12)7(3)11-13/h7,11,13H,5H2,1-4H3. The van der Waals surface area contributed by atoms with Crippen LogP contribution in [0.3, 0.4) is 0 Å². The van der Waals surface area contributed by atoms with Crippen LogP contribution < -0.4 is 5.48 Å². The van der Waals surface area contributed by atoms with E-state index in [2.05, 4.69) is 17.5 Å². The number of rotatable bonds is 3. The summed E-state index contributed by atoms with van der Waals surface area (Å²) in [6.45, 7) is 8.82. The molecule has 0 aliphatic heterocycles. The average Bonchev–Trinajstić information content (AvgIpc) is 2.40. The van der Waals surface area contributed by atoms with Gasteiger partial charge >= 0.3 is 0 Å². The van der Waals surface area contributed by atoms with Crippen molar-refractivity contribution < 1.29 is 5.21 Å². The monoisotopic (exact) mass is 183 g/mol. The summed E-state index contributed by atoms with van der Waals surface area (Å²) >= 11 is 0. The van der Waals surface area contributed by atoms with E-state index in [1.54, 1.807) is 0 Å². The van der Waals surface area contributed by atoms with Gasteiger partial charge in [-0.2, -0.15) is 10.6 Å². The van der Waals surface area contributed by atoms with Gasteiger partial charge in [-0.1, -0.05) is 0 Å². The molecule has 1 heterocycles. The fourth-order valence-corrected chi connectivity index (χ4v) is 1.71. The van der Waals surface area contributed by atoms with Crippen molar-refractivity contribution in [2.24, 2.45) is 0 Å². The van der Waals surface area contributed by atoms with Gasteiger partial charge in [-0.15, -0.1) is 0 Å². The number of hydrogen-bond donors (Lipinski definition) is 2. The predicted molar refractivity (Wildman–Crippen MR) is 50.7 cm³/mol.